The van der Waals surface area contributed by atoms with E-state index in [1.807, 2.05) is 0 Å². The molecule has 0 spiro atoms. The standard InChI is InChI=1S/C9H13.Y/c1-2-3-6-9-7-4-5-8-9;/h4-5,7-8H,2-3,6H2,1H3;. The summed E-state index contributed by atoms with van der Waals surface area (Å²) in [4.78, 5) is 0. The average molecular weight is 210 g/mol. The van der Waals surface area contributed by atoms with Gasteiger partial charge in [-0.3, -0.25) is 0 Å². The van der Waals surface area contributed by atoms with Crippen LogP contribution in [0.4, 0.5) is 0 Å². The minimum absolute atomic E-state index is 0.515. The molecule has 1 heteroatoms. The summed E-state index contributed by atoms with van der Waals surface area (Å²) in [5.41, 5.74) is 0. The van der Waals surface area contributed by atoms with Crippen molar-refractivity contribution in [2.45, 2.75) is 28.4 Å². The van der Waals surface area contributed by atoms with E-state index < -0.39 is 0 Å². The van der Waals surface area contributed by atoms with Crippen LogP contribution < -0.4 is 0 Å². The van der Waals surface area contributed by atoms with Crippen molar-refractivity contribution in [3.8, 4) is 0 Å². The third kappa shape index (κ3) is 2.32. The number of hydrogen-bond acceptors (Lipinski definition) is 0. The van der Waals surface area contributed by atoms with Gasteiger partial charge in [-0.15, -0.1) is 0 Å². The van der Waals surface area contributed by atoms with Gasteiger partial charge in [-0.25, -0.2) is 0 Å². The van der Waals surface area contributed by atoms with E-state index >= 15 is 0 Å². The fourth-order valence-electron chi connectivity index (χ4n) is 1.17. The van der Waals surface area contributed by atoms with Crippen LogP contribution in [-0.2, 0) is 31.0 Å². The van der Waals surface area contributed by atoms with E-state index in [1.165, 1.54) is 50.2 Å². The maximum absolute atomic E-state index is 2.35. The molecule has 0 saturated carbocycles. The predicted octanol–water partition coefficient (Wildman–Crippen LogP) is 3.01. The molecular formula is C9H13Y. The van der Waals surface area contributed by atoms with Gasteiger partial charge in [0.2, 0.25) is 0 Å². The van der Waals surface area contributed by atoms with Gasteiger partial charge in [0.05, 0.1) is 0 Å². The second-order valence-corrected chi connectivity index (χ2v) is 5.58. The van der Waals surface area contributed by atoms with Gasteiger partial charge < -0.3 is 0 Å². The Hall–Kier alpha value is 0.584. The molecule has 0 saturated heterocycles. The molecule has 1 rings (SSSR count). The first-order valence-corrected chi connectivity index (χ1v) is 5.35. The van der Waals surface area contributed by atoms with Crippen LogP contribution in [0.15, 0.2) is 24.3 Å². The Kier molecular flexibility index (Phi) is 3.32. The molecule has 52 valence electrons. The van der Waals surface area contributed by atoms with Gasteiger partial charge in [0, 0.05) is 0 Å². The quantitative estimate of drug-likeness (QED) is 0.671. The normalized spacial score (nSPS) is 20.0. The molecule has 0 aromatic rings. The van der Waals surface area contributed by atoms with Crippen LogP contribution in [0, 0.1) is 0 Å². The fraction of sp³-hybridized carbons (Fsp3) is 0.556. The number of unbranched alkanes of at least 4 members (excludes halogenated alkanes) is 1. The van der Waals surface area contributed by atoms with Crippen molar-refractivity contribution < 1.29 is 31.0 Å². The summed E-state index contributed by atoms with van der Waals surface area (Å²) in [7, 11) is 0. The van der Waals surface area contributed by atoms with Crippen molar-refractivity contribution in [3.63, 3.8) is 0 Å². The van der Waals surface area contributed by atoms with E-state index in [2.05, 4.69) is 31.2 Å². The van der Waals surface area contributed by atoms with Crippen LogP contribution in [0.25, 0.3) is 0 Å². The molecule has 0 N–H and O–H groups in total. The summed E-state index contributed by atoms with van der Waals surface area (Å²) in [5.74, 6) is 0. The fourth-order valence-corrected chi connectivity index (χ4v) is 2.22. The van der Waals surface area contributed by atoms with Gasteiger partial charge >= 0.3 is 83.7 Å². The summed E-state index contributed by atoms with van der Waals surface area (Å²) < 4.78 is 0.515. The van der Waals surface area contributed by atoms with Crippen molar-refractivity contribution in [1.29, 1.82) is 0 Å². The molecule has 10 heavy (non-hydrogen) atoms. The number of hydrogen-bond donors (Lipinski definition) is 0. The van der Waals surface area contributed by atoms with Crippen LogP contribution in [0.2, 0.25) is 2.23 Å². The monoisotopic (exact) mass is 210 g/mol. The van der Waals surface area contributed by atoms with Crippen LogP contribution in [0.3, 0.4) is 0 Å². The van der Waals surface area contributed by atoms with Gasteiger partial charge in [0.25, 0.3) is 0 Å². The van der Waals surface area contributed by atoms with E-state index in [1.54, 1.807) is 0 Å². The Balaban J connectivity index is 2.38. The van der Waals surface area contributed by atoms with Crippen molar-refractivity contribution in [2.75, 3.05) is 0 Å². The summed E-state index contributed by atoms with van der Waals surface area (Å²) in [6.07, 6.45) is 13.1. The molecule has 0 aliphatic heterocycles. The molecule has 0 fully saturated rings. The third-order valence-corrected chi connectivity index (χ3v) is 3.54. The summed E-state index contributed by atoms with van der Waals surface area (Å²) in [6.45, 7) is 2.26. The van der Waals surface area contributed by atoms with E-state index in [4.69, 9.17) is 0 Å². The molecule has 0 amide bonds. The molecule has 1 aliphatic carbocycles. The first-order valence-electron chi connectivity index (χ1n) is 3.93. The molecule has 1 aliphatic rings. The molecule has 0 aromatic carbocycles. The first-order chi connectivity index (χ1) is 4.77. The second-order valence-electron chi connectivity index (χ2n) is 2.93. The Bertz CT molecular complexity index is 144. The van der Waals surface area contributed by atoms with Gasteiger partial charge in [0.15, 0.2) is 0 Å². The summed E-state index contributed by atoms with van der Waals surface area (Å²) >= 11 is 1.34. The molecule has 0 bridgehead atoms. The van der Waals surface area contributed by atoms with Crippen molar-refractivity contribution >= 4 is 0 Å². The van der Waals surface area contributed by atoms with E-state index in [9.17, 15) is 0 Å². The SMILES string of the molecule is CCCC[C]1([Y])C=CC=C1. The van der Waals surface area contributed by atoms with Crippen LogP contribution in [-0.4, -0.2) is 0 Å². The first kappa shape index (κ1) is 8.68. The van der Waals surface area contributed by atoms with Crippen LogP contribution >= 0.6 is 0 Å². The Labute approximate surface area is 83.2 Å². The van der Waals surface area contributed by atoms with Gasteiger partial charge in [-0.1, -0.05) is 0 Å². The molecule has 0 nitrogen and oxygen atoms in total. The Morgan fingerprint density at radius 3 is 2.40 bits per heavy atom. The molecule has 0 radical (unpaired) electrons. The maximum atomic E-state index is 2.35. The summed E-state index contributed by atoms with van der Waals surface area (Å²) in [5, 5.41) is 0. The Morgan fingerprint density at radius 2 is 1.90 bits per heavy atom. The molecule has 0 atom stereocenters. The van der Waals surface area contributed by atoms with Gasteiger partial charge in [-0.2, -0.15) is 0 Å². The van der Waals surface area contributed by atoms with Crippen molar-refractivity contribution in [1.82, 2.24) is 0 Å². The number of rotatable bonds is 3. The summed E-state index contributed by atoms with van der Waals surface area (Å²) in [6, 6.07) is 0. The van der Waals surface area contributed by atoms with Gasteiger partial charge in [-0.05, 0) is 0 Å². The zero-order valence-electron chi connectivity index (χ0n) is 6.51. The van der Waals surface area contributed by atoms with Crippen LogP contribution in [0.1, 0.15) is 26.2 Å². The molecule has 0 heterocycles. The number of allylic oxidation sites excluding steroid dienone is 4. The van der Waals surface area contributed by atoms with Crippen LogP contribution in [0.5, 0.6) is 0 Å². The second kappa shape index (κ2) is 3.83. The average Bonchev–Trinajstić information content (AvgIpc) is 2.33. The molecule has 0 aromatic heterocycles. The minimum atomic E-state index is 0.515. The zero-order chi connectivity index (χ0) is 7.45. The van der Waals surface area contributed by atoms with Crippen molar-refractivity contribution in [2.24, 2.45) is 0 Å². The third-order valence-electron chi connectivity index (χ3n) is 1.89. The zero-order valence-corrected chi connectivity index (χ0v) is 9.35. The van der Waals surface area contributed by atoms with E-state index in [0.717, 1.165) is 0 Å². The molecule has 0 unspecified atom stereocenters. The van der Waals surface area contributed by atoms with Crippen molar-refractivity contribution in [3.05, 3.63) is 24.3 Å². The van der Waals surface area contributed by atoms with E-state index in [0.29, 0.717) is 2.23 Å². The Morgan fingerprint density at radius 1 is 1.30 bits per heavy atom. The van der Waals surface area contributed by atoms with Gasteiger partial charge in [0.1, 0.15) is 0 Å². The van der Waals surface area contributed by atoms with E-state index in [-0.39, 0.29) is 0 Å². The molecular weight excluding hydrogens is 197 g/mol. The predicted molar refractivity (Wildman–Crippen MR) is 40.5 cm³/mol. The topological polar surface area (TPSA) is 0 Å².